The van der Waals surface area contributed by atoms with Gasteiger partial charge in [0.1, 0.15) is 0 Å². The molecule has 0 unspecified atom stereocenters. The fourth-order valence-electron chi connectivity index (χ4n) is 0.623. The van der Waals surface area contributed by atoms with Crippen molar-refractivity contribution in [2.24, 2.45) is 0 Å². The molecule has 1 aliphatic rings. The van der Waals surface area contributed by atoms with Crippen LogP contribution in [0, 0.1) is 0 Å². The van der Waals surface area contributed by atoms with Gasteiger partial charge in [-0.2, -0.15) is 0 Å². The van der Waals surface area contributed by atoms with E-state index in [0.717, 1.165) is 0 Å². The Morgan fingerprint density at radius 1 is 1.44 bits per heavy atom. The van der Waals surface area contributed by atoms with Gasteiger partial charge in [0, 0.05) is 0 Å². The summed E-state index contributed by atoms with van der Waals surface area (Å²) in [4.78, 5) is 0. The topological polar surface area (TPSA) is 0 Å². The Bertz CT molecular complexity index is 118. The molecule has 0 aliphatic heterocycles. The van der Waals surface area contributed by atoms with Crippen LogP contribution in [0.25, 0.3) is 0 Å². The van der Waals surface area contributed by atoms with E-state index < -0.39 is 0 Å². The first-order valence-electron chi connectivity index (χ1n) is 2.42. The van der Waals surface area contributed by atoms with E-state index in [1.165, 1.54) is 11.1 Å². The van der Waals surface area contributed by atoms with Crippen LogP contribution in [0.5, 0.6) is 0 Å². The van der Waals surface area contributed by atoms with Gasteiger partial charge in [-0.1, -0.05) is 0 Å². The molecular formula is C6H9Cl2Ti. The van der Waals surface area contributed by atoms with Crippen molar-refractivity contribution < 1.29 is 20.4 Å². The molecule has 9 heavy (non-hydrogen) atoms. The minimum atomic E-state index is 0. The molecule has 0 amide bonds. The van der Waals surface area contributed by atoms with Crippen LogP contribution in [-0.2, 0) is 20.4 Å². The molecule has 0 nitrogen and oxygen atoms in total. The van der Waals surface area contributed by atoms with Crippen LogP contribution in [0.2, 0.25) is 4.73 Å². The molecule has 0 atom stereocenters. The second-order valence-corrected chi connectivity index (χ2v) is 2.19. The Kier molecular flexibility index (Phi) is 9.53. The number of hydrogen-bond donors (Lipinski definition) is 0. The number of hydrogen-bond acceptors (Lipinski definition) is 0. The minimum absolute atomic E-state index is 0. The molecule has 0 aromatic rings. The third-order valence-corrected chi connectivity index (χ3v) is 1.78. The van der Waals surface area contributed by atoms with Crippen molar-refractivity contribution in [3.05, 3.63) is 23.8 Å². The average Bonchev–Trinajstić information content (AvgIpc) is 2.14. The summed E-state index contributed by atoms with van der Waals surface area (Å²) >= 11 is 2.19. The number of rotatable bonds is 1. The first kappa shape index (κ1) is 12.5. The predicted molar refractivity (Wildman–Crippen MR) is 41.1 cm³/mol. The van der Waals surface area contributed by atoms with Gasteiger partial charge in [-0.3, -0.25) is 0 Å². The SMILES string of the molecule is Cl.Cl.[Ti][CH2]C1=CC=CC1. The van der Waals surface area contributed by atoms with Gasteiger partial charge in [0.05, 0.1) is 0 Å². The summed E-state index contributed by atoms with van der Waals surface area (Å²) in [5, 5.41) is 0. The van der Waals surface area contributed by atoms with Crippen LogP contribution in [0.15, 0.2) is 23.8 Å². The molecule has 1 aliphatic carbocycles. The average molecular weight is 200 g/mol. The standard InChI is InChI=1S/C6H7.2ClH.Ti/c1-6-4-2-3-5-6;;;/h2-4H,1,5H2;2*1H;. The summed E-state index contributed by atoms with van der Waals surface area (Å²) in [7, 11) is 0. The van der Waals surface area contributed by atoms with Crippen LogP contribution in [0.3, 0.4) is 0 Å². The summed E-state index contributed by atoms with van der Waals surface area (Å²) in [6.45, 7) is 0. The number of halogens is 2. The second kappa shape index (κ2) is 6.89. The fraction of sp³-hybridized carbons (Fsp3) is 0.333. The first-order valence-corrected chi connectivity index (χ1v) is 3.53. The van der Waals surface area contributed by atoms with Gasteiger partial charge in [0.25, 0.3) is 0 Å². The number of allylic oxidation sites excluding steroid dienone is 4. The van der Waals surface area contributed by atoms with Crippen LogP contribution < -0.4 is 0 Å². The monoisotopic (exact) mass is 199 g/mol. The van der Waals surface area contributed by atoms with Crippen molar-refractivity contribution in [1.29, 1.82) is 0 Å². The first-order chi connectivity index (χ1) is 3.43. The van der Waals surface area contributed by atoms with E-state index in [0.29, 0.717) is 0 Å². The fourth-order valence-corrected chi connectivity index (χ4v) is 1.03. The zero-order valence-electron chi connectivity index (χ0n) is 4.96. The molecule has 0 bridgehead atoms. The summed E-state index contributed by atoms with van der Waals surface area (Å²) in [6, 6.07) is 0. The van der Waals surface area contributed by atoms with E-state index >= 15 is 0 Å². The molecule has 0 radical (unpaired) electrons. The van der Waals surface area contributed by atoms with Crippen molar-refractivity contribution >= 4 is 24.8 Å². The van der Waals surface area contributed by atoms with Gasteiger partial charge in [-0.25, -0.2) is 0 Å². The van der Waals surface area contributed by atoms with Crippen molar-refractivity contribution in [3.63, 3.8) is 0 Å². The third-order valence-electron chi connectivity index (χ3n) is 1.08. The van der Waals surface area contributed by atoms with E-state index in [1.807, 2.05) is 0 Å². The van der Waals surface area contributed by atoms with Crippen molar-refractivity contribution in [2.75, 3.05) is 0 Å². The molecule has 1 rings (SSSR count). The molecular weight excluding hydrogens is 191 g/mol. The van der Waals surface area contributed by atoms with Crippen molar-refractivity contribution in [1.82, 2.24) is 0 Å². The van der Waals surface area contributed by atoms with Gasteiger partial charge in [0.15, 0.2) is 0 Å². The van der Waals surface area contributed by atoms with Gasteiger partial charge >= 0.3 is 55.4 Å². The normalized spacial score (nSPS) is 13.4. The summed E-state index contributed by atoms with van der Waals surface area (Å²) in [6.07, 6.45) is 7.70. The van der Waals surface area contributed by atoms with Gasteiger partial charge in [0.2, 0.25) is 0 Å². The Hall–Kier alpha value is 0.774. The van der Waals surface area contributed by atoms with E-state index in [1.54, 1.807) is 5.57 Å². The van der Waals surface area contributed by atoms with Crippen LogP contribution >= 0.6 is 24.8 Å². The van der Waals surface area contributed by atoms with Gasteiger partial charge < -0.3 is 0 Å². The molecule has 0 saturated carbocycles. The molecule has 0 N–H and O–H groups in total. The van der Waals surface area contributed by atoms with Crippen LogP contribution in [0.1, 0.15) is 6.42 Å². The second-order valence-electron chi connectivity index (χ2n) is 1.63. The molecule has 51 valence electrons. The zero-order valence-corrected chi connectivity index (χ0v) is 8.16. The van der Waals surface area contributed by atoms with Crippen molar-refractivity contribution in [3.8, 4) is 0 Å². The van der Waals surface area contributed by atoms with Crippen LogP contribution in [0.4, 0.5) is 0 Å². The van der Waals surface area contributed by atoms with Crippen LogP contribution in [-0.4, -0.2) is 0 Å². The molecule has 3 heteroatoms. The summed E-state index contributed by atoms with van der Waals surface area (Å²) in [5.74, 6) is 0. The van der Waals surface area contributed by atoms with E-state index in [2.05, 4.69) is 38.7 Å². The van der Waals surface area contributed by atoms with Gasteiger partial charge in [-0.05, 0) is 0 Å². The Morgan fingerprint density at radius 2 is 2.11 bits per heavy atom. The molecule has 0 spiro atoms. The molecule has 0 aromatic carbocycles. The summed E-state index contributed by atoms with van der Waals surface area (Å²) < 4.78 is 1.22. The van der Waals surface area contributed by atoms with E-state index in [9.17, 15) is 0 Å². The predicted octanol–water partition coefficient (Wildman–Crippen LogP) is 2.68. The Labute approximate surface area is 80.0 Å². The molecule has 0 aromatic heterocycles. The van der Waals surface area contributed by atoms with E-state index in [4.69, 9.17) is 0 Å². The quantitative estimate of drug-likeness (QED) is 0.570. The zero-order chi connectivity index (χ0) is 5.11. The van der Waals surface area contributed by atoms with Crippen molar-refractivity contribution in [2.45, 2.75) is 11.1 Å². The molecule has 0 saturated heterocycles. The maximum atomic E-state index is 2.19. The summed E-state index contributed by atoms with van der Waals surface area (Å²) in [5.41, 5.74) is 1.56. The molecule has 0 heterocycles. The Morgan fingerprint density at radius 3 is 2.33 bits per heavy atom. The van der Waals surface area contributed by atoms with Gasteiger partial charge in [-0.15, -0.1) is 24.8 Å². The molecule has 0 fully saturated rings. The Balaban J connectivity index is 0. The third kappa shape index (κ3) is 4.21. The van der Waals surface area contributed by atoms with E-state index in [-0.39, 0.29) is 24.8 Å². The maximum absolute atomic E-state index is 2.19.